The number of aliphatic imine (C=N–C) groups is 1. The van der Waals surface area contributed by atoms with Crippen molar-refractivity contribution in [3.63, 3.8) is 0 Å². The van der Waals surface area contributed by atoms with E-state index < -0.39 is 12.1 Å². The third-order valence-electron chi connectivity index (χ3n) is 5.69. The molecule has 0 bridgehead atoms. The third-order valence-corrected chi connectivity index (χ3v) is 5.69. The van der Waals surface area contributed by atoms with Crippen LogP contribution in [0.4, 0.5) is 0 Å². The second kappa shape index (κ2) is 10.6. The van der Waals surface area contributed by atoms with Crippen LogP contribution in [0.5, 0.6) is 0 Å². The van der Waals surface area contributed by atoms with Gasteiger partial charge in [-0.3, -0.25) is 10.3 Å². The molecule has 0 aromatic heterocycles. The topological polar surface area (TPSA) is 94.3 Å². The highest BCUT2D eigenvalue weighted by molar-refractivity contribution is 5.79. The minimum atomic E-state index is -0.877. The molecular weight excluding hydrogens is 404 g/mol. The molecule has 6 nitrogen and oxygen atoms in total. The average molecular weight is 433 g/mol. The van der Waals surface area contributed by atoms with Gasteiger partial charge in [-0.2, -0.15) is 0 Å². The summed E-state index contributed by atoms with van der Waals surface area (Å²) in [6.45, 7) is -0.277. The van der Waals surface area contributed by atoms with Crippen molar-refractivity contribution in [1.82, 2.24) is 5.32 Å². The van der Waals surface area contributed by atoms with Crippen LogP contribution in [0.25, 0.3) is 0 Å². The van der Waals surface area contributed by atoms with E-state index in [1.165, 1.54) is 0 Å². The molecule has 1 unspecified atom stereocenters. The van der Waals surface area contributed by atoms with Gasteiger partial charge < -0.3 is 20.1 Å². The molecule has 32 heavy (non-hydrogen) atoms. The molecule has 166 valence electrons. The lowest BCUT2D eigenvalue weighted by Gasteiger charge is -2.17. The van der Waals surface area contributed by atoms with Crippen molar-refractivity contribution in [1.29, 1.82) is 0 Å². The zero-order valence-corrected chi connectivity index (χ0v) is 17.7. The van der Waals surface area contributed by atoms with Crippen LogP contribution in [-0.2, 0) is 4.74 Å². The first kappa shape index (κ1) is 22.3. The molecule has 0 radical (unpaired) electrons. The van der Waals surface area contributed by atoms with Crippen LogP contribution < -0.4 is 5.32 Å². The SMILES string of the molecule is OC[C@@H]1N[C@@H](c2ccc(C=N[C@@H](CO)[C@@H](O)c3ccccc3)cc2)OC1c1ccccc1. The van der Waals surface area contributed by atoms with Gasteiger partial charge in [0.2, 0.25) is 0 Å². The first-order valence-corrected chi connectivity index (χ1v) is 10.7. The van der Waals surface area contributed by atoms with Gasteiger partial charge in [0.25, 0.3) is 0 Å². The Morgan fingerprint density at radius 3 is 2.16 bits per heavy atom. The molecule has 6 heteroatoms. The summed E-state index contributed by atoms with van der Waals surface area (Å²) in [7, 11) is 0. The highest BCUT2D eigenvalue weighted by Crippen LogP contribution is 2.34. The Morgan fingerprint density at radius 2 is 1.53 bits per heavy atom. The molecule has 3 aromatic carbocycles. The highest BCUT2D eigenvalue weighted by Gasteiger charge is 2.35. The molecule has 4 N–H and O–H groups in total. The van der Waals surface area contributed by atoms with Gasteiger partial charge in [0.05, 0.1) is 19.3 Å². The number of benzene rings is 3. The zero-order chi connectivity index (χ0) is 22.3. The van der Waals surface area contributed by atoms with Crippen LogP contribution in [0, 0.1) is 0 Å². The van der Waals surface area contributed by atoms with E-state index in [0.29, 0.717) is 0 Å². The zero-order valence-electron chi connectivity index (χ0n) is 17.7. The Kier molecular flexibility index (Phi) is 7.42. The summed E-state index contributed by atoms with van der Waals surface area (Å²) in [5.41, 5.74) is 3.54. The van der Waals surface area contributed by atoms with E-state index in [1.807, 2.05) is 84.9 Å². The van der Waals surface area contributed by atoms with Crippen molar-refractivity contribution in [2.75, 3.05) is 13.2 Å². The fraction of sp³-hybridized carbons (Fsp3) is 0.269. The van der Waals surface area contributed by atoms with Gasteiger partial charge >= 0.3 is 0 Å². The standard InChI is InChI=1S/C26H28N2O4/c29-16-22(24(31)19-7-3-1-4-8-19)27-15-18-11-13-21(14-12-18)26-28-23(17-30)25(32-26)20-9-5-2-6-10-20/h1-15,22-26,28-31H,16-17H2/t22-,23-,24-,25?,26+/m0/s1. The molecule has 1 aliphatic rings. The van der Waals surface area contributed by atoms with Gasteiger partial charge in [-0.05, 0) is 22.3 Å². The van der Waals surface area contributed by atoms with Crippen LogP contribution >= 0.6 is 0 Å². The molecule has 4 rings (SSSR count). The molecule has 3 aromatic rings. The van der Waals surface area contributed by atoms with E-state index in [0.717, 1.165) is 22.3 Å². The lowest BCUT2D eigenvalue weighted by Crippen LogP contribution is -2.30. The van der Waals surface area contributed by atoms with Crippen molar-refractivity contribution < 1.29 is 20.1 Å². The summed E-state index contributed by atoms with van der Waals surface area (Å²) in [4.78, 5) is 4.39. The summed E-state index contributed by atoms with van der Waals surface area (Å²) in [5, 5.41) is 33.3. The predicted molar refractivity (Wildman–Crippen MR) is 123 cm³/mol. The third kappa shape index (κ3) is 5.12. The number of hydrogen-bond acceptors (Lipinski definition) is 6. The Bertz CT molecular complexity index is 995. The van der Waals surface area contributed by atoms with Gasteiger partial charge in [-0.15, -0.1) is 0 Å². The Labute approximate surface area is 187 Å². The average Bonchev–Trinajstić information content (AvgIpc) is 3.30. The van der Waals surface area contributed by atoms with Crippen LogP contribution in [0.2, 0.25) is 0 Å². The second-order valence-electron chi connectivity index (χ2n) is 7.85. The van der Waals surface area contributed by atoms with Crippen LogP contribution in [-0.4, -0.2) is 46.8 Å². The van der Waals surface area contributed by atoms with Crippen molar-refractivity contribution in [2.45, 2.75) is 30.5 Å². The predicted octanol–water partition coefficient (Wildman–Crippen LogP) is 2.92. The number of nitrogens with one attached hydrogen (secondary N) is 1. The van der Waals surface area contributed by atoms with Gasteiger partial charge in [0.15, 0.2) is 0 Å². The second-order valence-corrected chi connectivity index (χ2v) is 7.85. The fourth-order valence-electron chi connectivity index (χ4n) is 3.88. The van der Waals surface area contributed by atoms with Crippen molar-refractivity contribution >= 4 is 6.21 Å². The maximum atomic E-state index is 10.5. The van der Waals surface area contributed by atoms with E-state index >= 15 is 0 Å². The summed E-state index contributed by atoms with van der Waals surface area (Å²) in [6, 6.07) is 26.0. The maximum Gasteiger partial charge on any atom is 0.135 e. The van der Waals surface area contributed by atoms with Crippen LogP contribution in [0.1, 0.15) is 40.7 Å². The molecule has 1 fully saturated rings. The summed E-state index contributed by atoms with van der Waals surface area (Å²) >= 11 is 0. The monoisotopic (exact) mass is 432 g/mol. The van der Waals surface area contributed by atoms with Gasteiger partial charge in [0, 0.05) is 6.21 Å². The molecule has 0 amide bonds. The molecule has 1 aliphatic heterocycles. The van der Waals surface area contributed by atoms with Crippen molar-refractivity contribution in [3.05, 3.63) is 107 Å². The van der Waals surface area contributed by atoms with E-state index in [4.69, 9.17) is 4.74 Å². The van der Waals surface area contributed by atoms with E-state index in [-0.39, 0.29) is 31.6 Å². The molecule has 0 spiro atoms. The summed E-state index contributed by atoms with van der Waals surface area (Å²) in [5.74, 6) is 0. The van der Waals surface area contributed by atoms with Gasteiger partial charge in [-0.1, -0.05) is 84.9 Å². The van der Waals surface area contributed by atoms with Crippen molar-refractivity contribution in [2.24, 2.45) is 4.99 Å². The molecule has 0 saturated carbocycles. The lowest BCUT2D eigenvalue weighted by atomic mass is 10.0. The molecule has 1 saturated heterocycles. The van der Waals surface area contributed by atoms with Gasteiger partial charge in [-0.25, -0.2) is 0 Å². The number of hydrogen-bond donors (Lipinski definition) is 4. The molecule has 0 aliphatic carbocycles. The van der Waals surface area contributed by atoms with Crippen LogP contribution in [0.15, 0.2) is 89.9 Å². The molecule has 1 heterocycles. The van der Waals surface area contributed by atoms with E-state index in [9.17, 15) is 15.3 Å². The molecule has 5 atom stereocenters. The number of ether oxygens (including phenoxy) is 1. The van der Waals surface area contributed by atoms with Crippen LogP contribution in [0.3, 0.4) is 0 Å². The fourth-order valence-corrected chi connectivity index (χ4v) is 3.88. The van der Waals surface area contributed by atoms with E-state index in [2.05, 4.69) is 10.3 Å². The van der Waals surface area contributed by atoms with E-state index in [1.54, 1.807) is 6.21 Å². The quantitative estimate of drug-likeness (QED) is 0.411. The van der Waals surface area contributed by atoms with Crippen molar-refractivity contribution in [3.8, 4) is 0 Å². The first-order chi connectivity index (χ1) is 15.7. The maximum absolute atomic E-state index is 10.5. The Morgan fingerprint density at radius 1 is 0.875 bits per heavy atom. The van der Waals surface area contributed by atoms with Gasteiger partial charge in [0.1, 0.15) is 24.5 Å². The minimum absolute atomic E-state index is 0.0207. The normalized spacial score (nSPS) is 22.8. The first-order valence-electron chi connectivity index (χ1n) is 10.7. The number of rotatable bonds is 8. The summed E-state index contributed by atoms with van der Waals surface area (Å²) < 4.78 is 6.20. The smallest absolute Gasteiger partial charge is 0.135 e. The number of aliphatic hydroxyl groups excluding tert-OH is 3. The lowest BCUT2D eigenvalue weighted by molar-refractivity contribution is 0.0318. The largest absolute Gasteiger partial charge is 0.395 e. The molecular formula is C26H28N2O4. The number of nitrogens with zero attached hydrogens (tertiary/aromatic N) is 1. The Hall–Kier alpha value is -2.87. The Balaban J connectivity index is 1.43. The highest BCUT2D eigenvalue weighted by atomic mass is 16.5. The summed E-state index contributed by atoms with van der Waals surface area (Å²) in [6.07, 6.45) is 0.229. The number of aliphatic hydroxyl groups is 3. The minimum Gasteiger partial charge on any atom is -0.395 e.